The molecule has 5 nitrogen and oxygen atoms in total. The minimum absolute atomic E-state index is 0.168. The number of anilines is 1. The van der Waals surface area contributed by atoms with Crippen molar-refractivity contribution in [3.8, 4) is 6.07 Å². The number of piperazine rings is 1. The van der Waals surface area contributed by atoms with E-state index in [0.29, 0.717) is 0 Å². The highest BCUT2D eigenvalue weighted by atomic mass is 16.2. The Morgan fingerprint density at radius 3 is 2.55 bits per heavy atom. The van der Waals surface area contributed by atoms with Gasteiger partial charge < -0.3 is 4.90 Å². The Bertz CT molecular complexity index is 559. The number of benzene rings is 1. The smallest absolute Gasteiger partial charge is 0.251 e. The van der Waals surface area contributed by atoms with E-state index in [1.54, 1.807) is 11.8 Å². The fourth-order valence-electron chi connectivity index (χ4n) is 2.30. The first-order valence-electron chi connectivity index (χ1n) is 6.59. The summed E-state index contributed by atoms with van der Waals surface area (Å²) in [5.74, 6) is -0.485. The first-order valence-corrected chi connectivity index (χ1v) is 6.59. The lowest BCUT2D eigenvalue weighted by Gasteiger charge is -2.38. The number of aryl methyl sites for hydroxylation is 1. The number of hydrogen-bond acceptors (Lipinski definition) is 4. The summed E-state index contributed by atoms with van der Waals surface area (Å²) in [6, 6.07) is 9.31. The van der Waals surface area contributed by atoms with E-state index in [9.17, 15) is 9.59 Å². The van der Waals surface area contributed by atoms with Gasteiger partial charge in [0.2, 0.25) is 5.91 Å². The standard InChI is InChI=1S/C15H17N3O2/c1-11-4-6-13(7-5-11)18-10-14(19)17(9-3-8-16)15(20)12(18)2/h4-7,12H,3,9-10H2,1-2H3. The molecular weight excluding hydrogens is 254 g/mol. The van der Waals surface area contributed by atoms with E-state index in [-0.39, 0.29) is 31.3 Å². The number of nitriles is 1. The molecule has 0 spiro atoms. The summed E-state index contributed by atoms with van der Waals surface area (Å²) in [5.41, 5.74) is 2.00. The first kappa shape index (κ1) is 14.1. The molecule has 0 saturated carbocycles. The molecule has 1 aromatic carbocycles. The van der Waals surface area contributed by atoms with E-state index in [4.69, 9.17) is 5.26 Å². The lowest BCUT2D eigenvalue weighted by molar-refractivity contribution is -0.147. The van der Waals surface area contributed by atoms with Crippen LogP contribution in [0.25, 0.3) is 0 Å². The molecule has 0 N–H and O–H groups in total. The van der Waals surface area contributed by atoms with Gasteiger partial charge in [0.1, 0.15) is 6.04 Å². The summed E-state index contributed by atoms with van der Waals surface area (Å²) >= 11 is 0. The van der Waals surface area contributed by atoms with Gasteiger partial charge in [-0.25, -0.2) is 0 Å². The van der Waals surface area contributed by atoms with Crippen LogP contribution in [0.3, 0.4) is 0 Å². The van der Waals surface area contributed by atoms with E-state index < -0.39 is 6.04 Å². The molecule has 1 aliphatic heterocycles. The minimum atomic E-state index is -0.394. The molecule has 0 bridgehead atoms. The number of carbonyl (C=O) groups excluding carboxylic acids is 2. The van der Waals surface area contributed by atoms with Crippen molar-refractivity contribution in [2.45, 2.75) is 26.3 Å². The molecule has 1 aliphatic rings. The second-order valence-corrected chi connectivity index (χ2v) is 4.93. The molecule has 1 unspecified atom stereocenters. The molecule has 1 fully saturated rings. The van der Waals surface area contributed by atoms with Gasteiger partial charge in [0, 0.05) is 12.2 Å². The Hall–Kier alpha value is -2.35. The number of amides is 2. The maximum absolute atomic E-state index is 12.2. The van der Waals surface area contributed by atoms with Crippen LogP contribution in [-0.4, -0.2) is 35.8 Å². The average molecular weight is 271 g/mol. The first-order chi connectivity index (χ1) is 9.54. The molecule has 1 aromatic rings. The van der Waals surface area contributed by atoms with Crippen LogP contribution in [0, 0.1) is 18.3 Å². The van der Waals surface area contributed by atoms with Crippen molar-refractivity contribution in [2.24, 2.45) is 0 Å². The van der Waals surface area contributed by atoms with Crippen molar-refractivity contribution < 1.29 is 9.59 Å². The van der Waals surface area contributed by atoms with Gasteiger partial charge in [-0.3, -0.25) is 14.5 Å². The van der Waals surface area contributed by atoms with Crippen LogP contribution in [-0.2, 0) is 9.59 Å². The third-order valence-electron chi connectivity index (χ3n) is 3.51. The largest absolute Gasteiger partial charge is 0.350 e. The van der Waals surface area contributed by atoms with Crippen LogP contribution in [0.2, 0.25) is 0 Å². The summed E-state index contributed by atoms with van der Waals surface area (Å²) in [6.07, 6.45) is 0.175. The number of nitrogens with zero attached hydrogens (tertiary/aromatic N) is 3. The maximum Gasteiger partial charge on any atom is 0.251 e. The Labute approximate surface area is 118 Å². The summed E-state index contributed by atoms with van der Waals surface area (Å²) < 4.78 is 0. The molecule has 1 saturated heterocycles. The topological polar surface area (TPSA) is 64.4 Å². The Kier molecular flexibility index (Phi) is 4.04. The molecule has 5 heteroatoms. The zero-order valence-electron chi connectivity index (χ0n) is 11.7. The molecule has 1 heterocycles. The molecule has 0 radical (unpaired) electrons. The van der Waals surface area contributed by atoms with Crippen LogP contribution in [0.15, 0.2) is 24.3 Å². The van der Waals surface area contributed by atoms with Gasteiger partial charge in [0.15, 0.2) is 0 Å². The minimum Gasteiger partial charge on any atom is -0.350 e. The fraction of sp³-hybridized carbons (Fsp3) is 0.400. The van der Waals surface area contributed by atoms with Gasteiger partial charge >= 0.3 is 0 Å². The Morgan fingerprint density at radius 2 is 1.95 bits per heavy atom. The van der Waals surface area contributed by atoms with Gasteiger partial charge in [-0.2, -0.15) is 5.26 Å². The lowest BCUT2D eigenvalue weighted by atomic mass is 10.1. The normalized spacial score (nSPS) is 19.1. The van der Waals surface area contributed by atoms with E-state index in [1.165, 1.54) is 4.90 Å². The highest BCUT2D eigenvalue weighted by Crippen LogP contribution is 2.22. The average Bonchev–Trinajstić information content (AvgIpc) is 2.44. The lowest BCUT2D eigenvalue weighted by Crippen LogP contribution is -2.59. The van der Waals surface area contributed by atoms with Crippen molar-refractivity contribution >= 4 is 17.5 Å². The van der Waals surface area contributed by atoms with Gasteiger partial charge in [-0.15, -0.1) is 0 Å². The number of hydrogen-bond donors (Lipinski definition) is 0. The van der Waals surface area contributed by atoms with Crippen molar-refractivity contribution in [3.05, 3.63) is 29.8 Å². The molecule has 20 heavy (non-hydrogen) atoms. The summed E-state index contributed by atoms with van der Waals surface area (Å²) in [4.78, 5) is 27.3. The molecule has 0 aliphatic carbocycles. The molecule has 2 amide bonds. The number of carbonyl (C=O) groups is 2. The quantitative estimate of drug-likeness (QED) is 0.781. The van der Waals surface area contributed by atoms with Crippen molar-refractivity contribution in [1.29, 1.82) is 5.26 Å². The predicted molar refractivity (Wildman–Crippen MR) is 74.9 cm³/mol. The third kappa shape index (κ3) is 2.64. The van der Waals surface area contributed by atoms with Crippen molar-refractivity contribution in [1.82, 2.24) is 4.90 Å². The van der Waals surface area contributed by atoms with Crippen LogP contribution < -0.4 is 4.90 Å². The zero-order valence-corrected chi connectivity index (χ0v) is 11.7. The highest BCUT2D eigenvalue weighted by molar-refractivity contribution is 6.04. The number of rotatable bonds is 3. The predicted octanol–water partition coefficient (Wildman–Crippen LogP) is 1.47. The third-order valence-corrected chi connectivity index (χ3v) is 3.51. The van der Waals surface area contributed by atoms with Crippen LogP contribution in [0.4, 0.5) is 5.69 Å². The molecule has 1 atom stereocenters. The van der Waals surface area contributed by atoms with Crippen LogP contribution in [0.1, 0.15) is 18.9 Å². The van der Waals surface area contributed by atoms with Gasteiger partial charge in [-0.1, -0.05) is 17.7 Å². The second-order valence-electron chi connectivity index (χ2n) is 4.93. The molecule has 104 valence electrons. The van der Waals surface area contributed by atoms with Crippen LogP contribution in [0.5, 0.6) is 0 Å². The van der Waals surface area contributed by atoms with E-state index >= 15 is 0 Å². The monoisotopic (exact) mass is 271 g/mol. The van der Waals surface area contributed by atoms with E-state index in [2.05, 4.69) is 0 Å². The van der Waals surface area contributed by atoms with Gasteiger partial charge in [0.25, 0.3) is 5.91 Å². The van der Waals surface area contributed by atoms with Gasteiger partial charge in [-0.05, 0) is 26.0 Å². The molecule has 0 aromatic heterocycles. The van der Waals surface area contributed by atoms with Crippen molar-refractivity contribution in [3.63, 3.8) is 0 Å². The van der Waals surface area contributed by atoms with E-state index in [0.717, 1.165) is 11.3 Å². The van der Waals surface area contributed by atoms with Gasteiger partial charge in [0.05, 0.1) is 19.0 Å². The second kappa shape index (κ2) is 5.74. The summed E-state index contributed by atoms with van der Waals surface area (Å²) in [7, 11) is 0. The SMILES string of the molecule is Cc1ccc(N2CC(=O)N(CCC#N)C(=O)C2C)cc1. The Balaban J connectivity index is 2.19. The van der Waals surface area contributed by atoms with Crippen LogP contribution >= 0.6 is 0 Å². The highest BCUT2D eigenvalue weighted by Gasteiger charge is 2.36. The maximum atomic E-state index is 12.2. The molecular formula is C15H17N3O2. The molecule has 2 rings (SSSR count). The number of imide groups is 1. The van der Waals surface area contributed by atoms with E-state index in [1.807, 2.05) is 37.3 Å². The Morgan fingerprint density at radius 1 is 1.30 bits per heavy atom. The van der Waals surface area contributed by atoms with Crippen molar-refractivity contribution in [2.75, 3.05) is 18.0 Å². The fourth-order valence-corrected chi connectivity index (χ4v) is 2.30. The summed E-state index contributed by atoms with van der Waals surface area (Å²) in [6.45, 7) is 4.12. The summed E-state index contributed by atoms with van der Waals surface area (Å²) in [5, 5.41) is 8.58. The zero-order chi connectivity index (χ0) is 14.7.